The fourth-order valence-electron chi connectivity index (χ4n) is 7.74. The van der Waals surface area contributed by atoms with Crippen LogP contribution in [0.1, 0.15) is 60.6 Å². The summed E-state index contributed by atoms with van der Waals surface area (Å²) < 4.78 is 23.6. The van der Waals surface area contributed by atoms with Gasteiger partial charge in [0.2, 0.25) is 5.95 Å². The molecule has 4 heterocycles. The summed E-state index contributed by atoms with van der Waals surface area (Å²) in [5, 5.41) is 13.2. The third-order valence-electron chi connectivity index (χ3n) is 10.5. The van der Waals surface area contributed by atoms with Gasteiger partial charge in [0.05, 0.1) is 29.8 Å². The number of aryl methyl sites for hydroxylation is 1. The van der Waals surface area contributed by atoms with E-state index in [-0.39, 0.29) is 23.4 Å². The number of amides is 1. The van der Waals surface area contributed by atoms with E-state index < -0.39 is 11.7 Å². The number of aliphatic hydroxyl groups excluding tert-OH is 1. The molecule has 10 nitrogen and oxygen atoms in total. The molecule has 254 valence electrons. The standard InChI is InChI=1S/C37H46FN7O3/c1-24-22-30(34(38)35(39-24)29-6-4-5-7-33(29)48-3)36(47)41-37-40-31-23-27(10-13-32(31)45(37)26-8-11-28(46)12-9-26)43-16-14-25(15-17-43)44-20-18-42(2)19-21-44/h4-7,10,13,22-23,25-26,28,46H,8-9,11-12,14-21H2,1-3H3,(H,40,41,47)/t26-,28+. The minimum absolute atomic E-state index is 0.0482. The second-order valence-corrected chi connectivity index (χ2v) is 13.6. The molecule has 3 aliphatic rings. The molecule has 2 aliphatic heterocycles. The number of nitrogens with one attached hydrogen (secondary N) is 1. The summed E-state index contributed by atoms with van der Waals surface area (Å²) >= 11 is 0. The summed E-state index contributed by atoms with van der Waals surface area (Å²) in [4.78, 5) is 30.8. The number of aliphatic hydroxyl groups is 1. The quantitative estimate of drug-likeness (QED) is 0.270. The van der Waals surface area contributed by atoms with Crippen LogP contribution in [0.4, 0.5) is 16.0 Å². The predicted octanol–water partition coefficient (Wildman–Crippen LogP) is 5.50. The van der Waals surface area contributed by atoms with E-state index in [1.165, 1.54) is 13.2 Å². The van der Waals surface area contributed by atoms with Gasteiger partial charge in [0.15, 0.2) is 5.82 Å². The van der Waals surface area contributed by atoms with Crippen molar-refractivity contribution < 1.29 is 19.0 Å². The Labute approximate surface area is 281 Å². The normalized spacial score (nSPS) is 21.5. The minimum Gasteiger partial charge on any atom is -0.496 e. The van der Waals surface area contributed by atoms with Gasteiger partial charge in [-0.3, -0.25) is 15.0 Å². The molecule has 7 rings (SSSR count). The highest BCUT2D eigenvalue weighted by Crippen LogP contribution is 2.37. The van der Waals surface area contributed by atoms with E-state index in [0.29, 0.717) is 41.8 Å². The van der Waals surface area contributed by atoms with E-state index in [0.717, 1.165) is 81.7 Å². The Balaban J connectivity index is 1.17. The number of piperazine rings is 1. The number of halogens is 1. The number of likely N-dealkylation sites (N-methyl/N-ethyl adjacent to an activating group) is 1. The fraction of sp³-hybridized carbons (Fsp3) is 0.486. The highest BCUT2D eigenvalue weighted by Gasteiger charge is 2.30. The van der Waals surface area contributed by atoms with Crippen molar-refractivity contribution in [3.05, 3.63) is 65.6 Å². The number of anilines is 2. The number of hydrogen-bond donors (Lipinski definition) is 2. The Morgan fingerprint density at radius 3 is 2.38 bits per heavy atom. The molecule has 0 radical (unpaired) electrons. The highest BCUT2D eigenvalue weighted by molar-refractivity contribution is 6.05. The fourth-order valence-corrected chi connectivity index (χ4v) is 7.74. The summed E-state index contributed by atoms with van der Waals surface area (Å²) in [5.74, 6) is -0.447. The first-order valence-corrected chi connectivity index (χ1v) is 17.3. The van der Waals surface area contributed by atoms with Gasteiger partial charge in [-0.1, -0.05) is 12.1 Å². The lowest BCUT2D eigenvalue weighted by molar-refractivity contribution is 0.0982. The van der Waals surface area contributed by atoms with Crippen molar-refractivity contribution in [2.45, 2.75) is 63.6 Å². The molecule has 2 N–H and O–H groups in total. The Morgan fingerprint density at radius 1 is 0.917 bits per heavy atom. The van der Waals surface area contributed by atoms with Crippen LogP contribution in [0.3, 0.4) is 0 Å². The van der Waals surface area contributed by atoms with Gasteiger partial charge < -0.3 is 24.2 Å². The number of aromatic nitrogens is 3. The molecular weight excluding hydrogens is 609 g/mol. The predicted molar refractivity (Wildman–Crippen MR) is 186 cm³/mol. The number of ether oxygens (including phenoxy) is 1. The van der Waals surface area contributed by atoms with Crippen molar-refractivity contribution in [1.82, 2.24) is 24.3 Å². The van der Waals surface area contributed by atoms with Crippen LogP contribution in [0.15, 0.2) is 48.5 Å². The van der Waals surface area contributed by atoms with E-state index in [9.17, 15) is 9.90 Å². The molecule has 0 atom stereocenters. The lowest BCUT2D eigenvalue weighted by atomic mass is 9.93. The second kappa shape index (κ2) is 13.8. The van der Waals surface area contributed by atoms with E-state index in [1.807, 2.05) is 0 Å². The number of pyridine rings is 1. The highest BCUT2D eigenvalue weighted by atomic mass is 19.1. The van der Waals surface area contributed by atoms with Crippen molar-refractivity contribution in [2.24, 2.45) is 0 Å². The Hall–Kier alpha value is -4.06. The van der Waals surface area contributed by atoms with Crippen molar-refractivity contribution in [2.75, 3.05) is 63.6 Å². The van der Waals surface area contributed by atoms with Gasteiger partial charge in [-0.2, -0.15) is 0 Å². The molecule has 1 amide bonds. The van der Waals surface area contributed by atoms with Crippen LogP contribution in [0.5, 0.6) is 5.75 Å². The number of imidazole rings is 1. The third-order valence-corrected chi connectivity index (χ3v) is 10.5. The number of hydrogen-bond acceptors (Lipinski definition) is 8. The topological polar surface area (TPSA) is 99.0 Å². The first-order valence-electron chi connectivity index (χ1n) is 17.3. The maximum absolute atomic E-state index is 16.1. The van der Waals surface area contributed by atoms with Gasteiger partial charge in [-0.05, 0) is 88.9 Å². The molecule has 2 aromatic carbocycles. The van der Waals surface area contributed by atoms with Gasteiger partial charge in [-0.15, -0.1) is 0 Å². The monoisotopic (exact) mass is 655 g/mol. The van der Waals surface area contributed by atoms with Crippen molar-refractivity contribution in [3.8, 4) is 17.0 Å². The van der Waals surface area contributed by atoms with Crippen molar-refractivity contribution in [3.63, 3.8) is 0 Å². The molecule has 4 aromatic rings. The zero-order valence-electron chi connectivity index (χ0n) is 28.2. The summed E-state index contributed by atoms with van der Waals surface area (Å²) in [7, 11) is 3.72. The third kappa shape index (κ3) is 6.51. The Bertz CT molecular complexity index is 1770. The number of rotatable bonds is 7. The number of carbonyl (C=O) groups excluding carboxylic acids is 1. The van der Waals surface area contributed by atoms with Gasteiger partial charge in [0.1, 0.15) is 11.4 Å². The number of nitrogens with zero attached hydrogens (tertiary/aromatic N) is 6. The van der Waals surface area contributed by atoms with Crippen LogP contribution in [0.25, 0.3) is 22.3 Å². The van der Waals surface area contributed by atoms with Gasteiger partial charge >= 0.3 is 0 Å². The van der Waals surface area contributed by atoms with Crippen LogP contribution in [0, 0.1) is 12.7 Å². The van der Waals surface area contributed by atoms with E-state index in [2.05, 4.69) is 54.8 Å². The number of methoxy groups -OCH3 is 1. The summed E-state index contributed by atoms with van der Waals surface area (Å²) in [6.07, 6.45) is 4.83. The van der Waals surface area contributed by atoms with Crippen LogP contribution in [-0.2, 0) is 0 Å². The number of para-hydroxylation sites is 1. The SMILES string of the molecule is COc1ccccc1-c1nc(C)cc(C(=O)Nc2nc3cc(N4CCC(N5CCN(C)CC5)CC4)ccc3n2[C@H]2CC[C@@H](O)CC2)c1F. The van der Waals surface area contributed by atoms with E-state index in [1.54, 1.807) is 31.2 Å². The number of piperidine rings is 1. The van der Waals surface area contributed by atoms with Crippen molar-refractivity contribution >= 4 is 28.6 Å². The maximum Gasteiger partial charge on any atom is 0.261 e. The average Bonchev–Trinajstić information content (AvgIpc) is 3.46. The second-order valence-electron chi connectivity index (χ2n) is 13.6. The Morgan fingerprint density at radius 2 is 1.65 bits per heavy atom. The van der Waals surface area contributed by atoms with E-state index >= 15 is 4.39 Å². The van der Waals surface area contributed by atoms with Crippen LogP contribution in [-0.4, -0.2) is 101 Å². The van der Waals surface area contributed by atoms with Gasteiger partial charge in [0, 0.05) is 68.3 Å². The van der Waals surface area contributed by atoms with Crippen molar-refractivity contribution in [1.29, 1.82) is 0 Å². The molecule has 1 saturated carbocycles. The molecule has 11 heteroatoms. The minimum atomic E-state index is -0.715. The number of carbonyl (C=O) groups is 1. The zero-order valence-corrected chi connectivity index (χ0v) is 28.2. The molecule has 0 unspecified atom stereocenters. The summed E-state index contributed by atoms with van der Waals surface area (Å²) in [6, 6.07) is 15.6. The average molecular weight is 656 g/mol. The van der Waals surface area contributed by atoms with E-state index in [4.69, 9.17) is 9.72 Å². The molecule has 1 aliphatic carbocycles. The van der Waals surface area contributed by atoms with Gasteiger partial charge in [-0.25, -0.2) is 14.4 Å². The Kier molecular flexibility index (Phi) is 9.35. The zero-order chi connectivity index (χ0) is 33.4. The summed E-state index contributed by atoms with van der Waals surface area (Å²) in [6.45, 7) is 8.27. The molecule has 2 aromatic heterocycles. The molecule has 3 fully saturated rings. The van der Waals surface area contributed by atoms with Gasteiger partial charge in [0.25, 0.3) is 5.91 Å². The lowest BCUT2D eigenvalue weighted by Crippen LogP contribution is -2.52. The first-order chi connectivity index (χ1) is 23.3. The molecule has 0 bridgehead atoms. The van der Waals surface area contributed by atoms with Crippen LogP contribution < -0.4 is 15.0 Å². The smallest absolute Gasteiger partial charge is 0.261 e. The summed E-state index contributed by atoms with van der Waals surface area (Å²) in [5.41, 5.74) is 3.78. The largest absolute Gasteiger partial charge is 0.496 e. The number of fused-ring (bicyclic) bond motifs is 1. The molecular formula is C37H46FN7O3. The molecule has 0 spiro atoms. The molecule has 48 heavy (non-hydrogen) atoms. The lowest BCUT2D eigenvalue weighted by Gasteiger charge is -2.42. The maximum atomic E-state index is 16.1. The van der Waals surface area contributed by atoms with Crippen LogP contribution in [0.2, 0.25) is 0 Å². The van der Waals surface area contributed by atoms with Crippen LogP contribution >= 0.6 is 0 Å². The molecule has 2 saturated heterocycles. The first kappa shape index (κ1) is 32.5. The number of benzene rings is 2.